The highest BCUT2D eigenvalue weighted by atomic mass is 35.5. The molecule has 0 saturated carbocycles. The predicted molar refractivity (Wildman–Crippen MR) is 97.9 cm³/mol. The molecule has 136 valence electrons. The van der Waals surface area contributed by atoms with E-state index in [-0.39, 0.29) is 10.8 Å². The minimum atomic E-state index is -1.03. The van der Waals surface area contributed by atoms with E-state index in [2.05, 4.69) is 10.7 Å². The molecular formula is C17H15Cl2N3O4. The molecule has 9 heteroatoms. The van der Waals surface area contributed by atoms with Crippen LogP contribution >= 0.6 is 23.2 Å². The smallest absolute Gasteiger partial charge is 0.328 e. The van der Waals surface area contributed by atoms with E-state index < -0.39 is 23.8 Å². The van der Waals surface area contributed by atoms with Crippen LogP contribution in [0.25, 0.3) is 0 Å². The van der Waals surface area contributed by atoms with Gasteiger partial charge < -0.3 is 10.1 Å². The number of benzene rings is 2. The molecule has 2 aromatic rings. The Morgan fingerprint density at radius 2 is 1.65 bits per heavy atom. The van der Waals surface area contributed by atoms with E-state index in [1.165, 1.54) is 19.1 Å². The number of nitrogens with one attached hydrogen (secondary N) is 3. The Morgan fingerprint density at radius 3 is 2.31 bits per heavy atom. The van der Waals surface area contributed by atoms with Gasteiger partial charge in [0.25, 0.3) is 5.91 Å². The Labute approximate surface area is 159 Å². The average Bonchev–Trinajstić information content (AvgIpc) is 2.62. The van der Waals surface area contributed by atoms with Crippen molar-refractivity contribution >= 4 is 46.6 Å². The molecule has 1 atom stereocenters. The molecule has 0 aromatic heterocycles. The summed E-state index contributed by atoms with van der Waals surface area (Å²) >= 11 is 11.7. The highest BCUT2D eigenvalue weighted by Crippen LogP contribution is 2.28. The third-order valence-corrected chi connectivity index (χ3v) is 3.63. The van der Waals surface area contributed by atoms with E-state index in [1.807, 2.05) is 5.43 Å². The van der Waals surface area contributed by atoms with Crippen molar-refractivity contribution in [1.29, 1.82) is 0 Å². The third kappa shape index (κ3) is 5.65. The standard InChI is InChI=1S/C17H15Cl2N3O4/c1-10(26-14-8-7-11(18)9-13(14)19)15(23)21-22-17(25)16(24)20-12-5-3-2-4-6-12/h2-10H,1H3,(H,20,24)(H,21,23)(H,22,25). The molecule has 2 aromatic carbocycles. The van der Waals surface area contributed by atoms with E-state index >= 15 is 0 Å². The van der Waals surface area contributed by atoms with E-state index in [1.54, 1.807) is 36.4 Å². The van der Waals surface area contributed by atoms with Gasteiger partial charge in [-0.05, 0) is 37.3 Å². The monoisotopic (exact) mass is 395 g/mol. The molecule has 3 N–H and O–H groups in total. The summed E-state index contributed by atoms with van der Waals surface area (Å²) in [6, 6.07) is 13.0. The number of hydrogen-bond donors (Lipinski definition) is 3. The maximum absolute atomic E-state index is 12.0. The van der Waals surface area contributed by atoms with Gasteiger partial charge in [0.05, 0.1) is 5.02 Å². The summed E-state index contributed by atoms with van der Waals surface area (Å²) in [5, 5.41) is 3.05. The zero-order valence-corrected chi connectivity index (χ0v) is 15.1. The first-order valence-corrected chi connectivity index (χ1v) is 8.20. The second-order valence-electron chi connectivity index (χ2n) is 5.10. The van der Waals surface area contributed by atoms with Crippen molar-refractivity contribution in [2.75, 3.05) is 5.32 Å². The summed E-state index contributed by atoms with van der Waals surface area (Å²) in [6.45, 7) is 1.45. The molecule has 0 heterocycles. The van der Waals surface area contributed by atoms with Crippen LogP contribution in [0.2, 0.25) is 10.0 Å². The first-order valence-electron chi connectivity index (χ1n) is 7.44. The lowest BCUT2D eigenvalue weighted by molar-refractivity contribution is -0.139. The van der Waals surface area contributed by atoms with Crippen molar-refractivity contribution in [3.05, 3.63) is 58.6 Å². The van der Waals surface area contributed by atoms with Gasteiger partial charge in [0.15, 0.2) is 6.10 Å². The minimum Gasteiger partial charge on any atom is -0.479 e. The van der Waals surface area contributed by atoms with Crippen LogP contribution in [0.5, 0.6) is 5.75 Å². The van der Waals surface area contributed by atoms with E-state index in [0.29, 0.717) is 10.7 Å². The van der Waals surface area contributed by atoms with Gasteiger partial charge in [-0.1, -0.05) is 41.4 Å². The second-order valence-corrected chi connectivity index (χ2v) is 5.94. The number of hydrazine groups is 1. The van der Waals surface area contributed by atoms with Crippen LogP contribution in [-0.2, 0) is 14.4 Å². The van der Waals surface area contributed by atoms with Crippen LogP contribution in [-0.4, -0.2) is 23.8 Å². The molecule has 0 fully saturated rings. The topological polar surface area (TPSA) is 96.5 Å². The fraction of sp³-hybridized carbons (Fsp3) is 0.118. The van der Waals surface area contributed by atoms with Crippen LogP contribution in [0.3, 0.4) is 0 Å². The number of ether oxygens (including phenoxy) is 1. The Morgan fingerprint density at radius 1 is 0.962 bits per heavy atom. The normalized spacial score (nSPS) is 11.2. The van der Waals surface area contributed by atoms with Gasteiger partial charge in [0.2, 0.25) is 0 Å². The van der Waals surface area contributed by atoms with Gasteiger partial charge >= 0.3 is 11.8 Å². The Balaban J connectivity index is 1.83. The Kier molecular flexibility index (Phi) is 6.82. The molecule has 0 spiro atoms. The predicted octanol–water partition coefficient (Wildman–Crippen LogP) is 2.55. The SMILES string of the molecule is CC(Oc1ccc(Cl)cc1Cl)C(=O)NNC(=O)C(=O)Nc1ccccc1. The highest BCUT2D eigenvalue weighted by Gasteiger charge is 2.19. The van der Waals surface area contributed by atoms with Gasteiger partial charge in [-0.2, -0.15) is 0 Å². The number of halogens is 2. The lowest BCUT2D eigenvalue weighted by Crippen LogP contribution is -2.50. The van der Waals surface area contributed by atoms with Crippen LogP contribution in [0.1, 0.15) is 6.92 Å². The number of hydrogen-bond acceptors (Lipinski definition) is 4. The minimum absolute atomic E-state index is 0.239. The van der Waals surface area contributed by atoms with Crippen molar-refractivity contribution < 1.29 is 19.1 Å². The zero-order valence-electron chi connectivity index (χ0n) is 13.6. The number of rotatable bonds is 4. The van der Waals surface area contributed by atoms with Crippen molar-refractivity contribution in [1.82, 2.24) is 10.9 Å². The molecule has 0 aliphatic carbocycles. The number of para-hydroxylation sites is 1. The van der Waals surface area contributed by atoms with Crippen molar-refractivity contribution in [2.45, 2.75) is 13.0 Å². The molecule has 1 unspecified atom stereocenters. The summed E-state index contributed by atoms with van der Waals surface area (Å²) < 4.78 is 5.40. The first-order chi connectivity index (χ1) is 12.4. The van der Waals surface area contributed by atoms with Gasteiger partial charge in [-0.3, -0.25) is 25.2 Å². The number of carbonyl (C=O) groups excluding carboxylic acids is 3. The molecular weight excluding hydrogens is 381 g/mol. The van der Waals surface area contributed by atoms with Crippen LogP contribution in [0.4, 0.5) is 5.69 Å². The molecule has 7 nitrogen and oxygen atoms in total. The summed E-state index contributed by atoms with van der Waals surface area (Å²) in [5.41, 5.74) is 4.57. The Hall–Kier alpha value is -2.77. The van der Waals surface area contributed by atoms with Crippen LogP contribution in [0.15, 0.2) is 48.5 Å². The molecule has 3 amide bonds. The molecule has 0 aliphatic rings. The molecule has 0 radical (unpaired) electrons. The lowest BCUT2D eigenvalue weighted by atomic mass is 10.3. The fourth-order valence-corrected chi connectivity index (χ4v) is 2.25. The van der Waals surface area contributed by atoms with E-state index in [9.17, 15) is 14.4 Å². The van der Waals surface area contributed by atoms with Gasteiger partial charge in [-0.15, -0.1) is 0 Å². The fourth-order valence-electron chi connectivity index (χ4n) is 1.80. The zero-order chi connectivity index (χ0) is 19.1. The maximum Gasteiger partial charge on any atom is 0.328 e. The summed E-state index contributed by atoms with van der Waals surface area (Å²) in [4.78, 5) is 35.4. The third-order valence-electron chi connectivity index (χ3n) is 3.10. The summed E-state index contributed by atoms with van der Waals surface area (Å²) in [5.74, 6) is -2.37. The quantitative estimate of drug-likeness (QED) is 0.547. The molecule has 0 aliphatic heterocycles. The highest BCUT2D eigenvalue weighted by molar-refractivity contribution is 6.39. The van der Waals surface area contributed by atoms with Gasteiger partial charge in [0, 0.05) is 10.7 Å². The molecule has 26 heavy (non-hydrogen) atoms. The molecule has 0 bridgehead atoms. The summed E-state index contributed by atoms with van der Waals surface area (Å²) in [6.07, 6.45) is -0.980. The van der Waals surface area contributed by atoms with Crippen molar-refractivity contribution in [3.63, 3.8) is 0 Å². The molecule has 0 saturated heterocycles. The van der Waals surface area contributed by atoms with E-state index in [4.69, 9.17) is 27.9 Å². The molecule has 2 rings (SSSR count). The van der Waals surface area contributed by atoms with Crippen molar-refractivity contribution in [2.24, 2.45) is 0 Å². The summed E-state index contributed by atoms with van der Waals surface area (Å²) in [7, 11) is 0. The first kappa shape index (κ1) is 19.6. The Bertz CT molecular complexity index is 815. The number of anilines is 1. The average molecular weight is 396 g/mol. The number of carbonyl (C=O) groups is 3. The lowest BCUT2D eigenvalue weighted by Gasteiger charge is -2.16. The van der Waals surface area contributed by atoms with Gasteiger partial charge in [-0.25, -0.2) is 0 Å². The van der Waals surface area contributed by atoms with E-state index in [0.717, 1.165) is 0 Å². The second kappa shape index (κ2) is 9.07. The van der Waals surface area contributed by atoms with Crippen molar-refractivity contribution in [3.8, 4) is 5.75 Å². The largest absolute Gasteiger partial charge is 0.479 e. The van der Waals surface area contributed by atoms with Crippen LogP contribution < -0.4 is 20.9 Å². The number of amides is 3. The van der Waals surface area contributed by atoms with Crippen LogP contribution in [0, 0.1) is 0 Å². The van der Waals surface area contributed by atoms with Gasteiger partial charge in [0.1, 0.15) is 5.75 Å². The maximum atomic E-state index is 12.0.